The first kappa shape index (κ1) is 13.8. The van der Waals surface area contributed by atoms with Crippen LogP contribution in [0.4, 0.5) is 0 Å². The second-order valence-electron chi connectivity index (χ2n) is 3.91. The number of benzene rings is 1. The Kier molecular flexibility index (Phi) is 4.34. The zero-order valence-corrected chi connectivity index (χ0v) is 11.8. The molecule has 1 N–H and O–H groups in total. The lowest BCUT2D eigenvalue weighted by Crippen LogP contribution is -2.17. The lowest BCUT2D eigenvalue weighted by molar-refractivity contribution is -0.119. The van der Waals surface area contributed by atoms with Crippen LogP contribution in [0, 0.1) is 0 Å². The molecule has 0 spiro atoms. The Morgan fingerprint density at radius 1 is 1.42 bits per heavy atom. The number of hydrogen-bond donors (Lipinski definition) is 1. The maximum atomic E-state index is 11.5. The van der Waals surface area contributed by atoms with Gasteiger partial charge in [0.25, 0.3) is 5.91 Å². The van der Waals surface area contributed by atoms with Crippen LogP contribution in [-0.2, 0) is 9.59 Å². The van der Waals surface area contributed by atoms with E-state index in [-0.39, 0.29) is 18.3 Å². The third-order valence-electron chi connectivity index (χ3n) is 2.26. The van der Waals surface area contributed by atoms with Crippen molar-refractivity contribution in [2.75, 3.05) is 6.61 Å². The van der Waals surface area contributed by atoms with E-state index in [0.29, 0.717) is 15.0 Å². The first-order chi connectivity index (χ1) is 9.04. The number of thiocarbonyl (C=S) groups is 1. The molecule has 4 nitrogen and oxygen atoms in total. The lowest BCUT2D eigenvalue weighted by Gasteiger charge is -2.03. The molecular formula is C13H11NO3S2. The molecule has 0 aliphatic carbocycles. The molecule has 98 valence electrons. The highest BCUT2D eigenvalue weighted by Gasteiger charge is 2.21. The van der Waals surface area contributed by atoms with Crippen LogP contribution in [0.15, 0.2) is 29.2 Å². The van der Waals surface area contributed by atoms with E-state index in [9.17, 15) is 9.59 Å². The van der Waals surface area contributed by atoms with Gasteiger partial charge in [0.05, 0.1) is 4.91 Å². The van der Waals surface area contributed by atoms with Gasteiger partial charge in [0.1, 0.15) is 16.7 Å². The number of hydrogen-bond acceptors (Lipinski definition) is 5. The third kappa shape index (κ3) is 3.90. The molecule has 1 heterocycles. The normalized spacial score (nSPS) is 16.6. The van der Waals surface area contributed by atoms with Crippen molar-refractivity contribution in [1.29, 1.82) is 0 Å². The summed E-state index contributed by atoms with van der Waals surface area (Å²) in [5.74, 6) is 0.419. The van der Waals surface area contributed by atoms with Crippen LogP contribution in [0.3, 0.4) is 0 Å². The average Bonchev–Trinajstić information content (AvgIpc) is 2.67. The fraction of sp³-hybridized carbons (Fsp3) is 0.154. The molecule has 19 heavy (non-hydrogen) atoms. The van der Waals surface area contributed by atoms with Gasteiger partial charge in [0.2, 0.25) is 0 Å². The predicted molar refractivity (Wildman–Crippen MR) is 78.9 cm³/mol. The van der Waals surface area contributed by atoms with Gasteiger partial charge in [-0.25, -0.2) is 0 Å². The minimum atomic E-state index is -0.174. The molecule has 0 aromatic heterocycles. The van der Waals surface area contributed by atoms with Gasteiger partial charge in [0.15, 0.2) is 5.78 Å². The number of ether oxygens (including phenoxy) is 1. The summed E-state index contributed by atoms with van der Waals surface area (Å²) in [5.41, 5.74) is 0.873. The highest BCUT2D eigenvalue weighted by Crippen LogP contribution is 2.26. The van der Waals surface area contributed by atoms with Crippen LogP contribution in [0.25, 0.3) is 6.08 Å². The van der Waals surface area contributed by atoms with E-state index < -0.39 is 0 Å². The van der Waals surface area contributed by atoms with E-state index in [4.69, 9.17) is 17.0 Å². The van der Waals surface area contributed by atoms with Crippen LogP contribution >= 0.6 is 24.0 Å². The molecule has 0 bridgehead atoms. The summed E-state index contributed by atoms with van der Waals surface area (Å²) < 4.78 is 5.73. The molecule has 0 atom stereocenters. The van der Waals surface area contributed by atoms with Crippen molar-refractivity contribution in [1.82, 2.24) is 5.32 Å². The van der Waals surface area contributed by atoms with Gasteiger partial charge in [-0.1, -0.05) is 36.1 Å². The number of carbonyl (C=O) groups is 2. The molecule has 1 saturated heterocycles. The minimum Gasteiger partial charge on any atom is -0.486 e. The minimum absolute atomic E-state index is 0.0290. The van der Waals surface area contributed by atoms with Crippen LogP contribution in [0.1, 0.15) is 12.5 Å². The Balaban J connectivity index is 2.06. The number of amides is 1. The Morgan fingerprint density at radius 3 is 2.63 bits per heavy atom. The van der Waals surface area contributed by atoms with Gasteiger partial charge < -0.3 is 10.1 Å². The molecule has 1 fully saturated rings. The maximum Gasteiger partial charge on any atom is 0.263 e. The first-order valence-corrected chi connectivity index (χ1v) is 6.74. The summed E-state index contributed by atoms with van der Waals surface area (Å²) in [6, 6.07) is 7.14. The second-order valence-corrected chi connectivity index (χ2v) is 5.63. The highest BCUT2D eigenvalue weighted by atomic mass is 32.2. The van der Waals surface area contributed by atoms with Crippen LogP contribution < -0.4 is 10.1 Å². The predicted octanol–water partition coefficient (Wildman–Crippen LogP) is 2.14. The summed E-state index contributed by atoms with van der Waals surface area (Å²) in [7, 11) is 0. The van der Waals surface area contributed by atoms with Gasteiger partial charge in [-0.15, -0.1) is 0 Å². The molecule has 0 saturated carbocycles. The van der Waals surface area contributed by atoms with Crippen molar-refractivity contribution in [2.24, 2.45) is 0 Å². The summed E-state index contributed by atoms with van der Waals surface area (Å²) in [5, 5.41) is 2.56. The number of Topliss-reactive ketones (excluding diaryl/α,β-unsaturated/α-hetero) is 1. The molecule has 1 amide bonds. The van der Waals surface area contributed by atoms with Crippen LogP contribution in [0.5, 0.6) is 5.75 Å². The second kappa shape index (κ2) is 5.99. The van der Waals surface area contributed by atoms with E-state index in [0.717, 1.165) is 5.56 Å². The first-order valence-electron chi connectivity index (χ1n) is 5.52. The van der Waals surface area contributed by atoms with Gasteiger partial charge in [0, 0.05) is 0 Å². The zero-order valence-electron chi connectivity index (χ0n) is 10.1. The van der Waals surface area contributed by atoms with Crippen molar-refractivity contribution < 1.29 is 14.3 Å². The van der Waals surface area contributed by atoms with Crippen LogP contribution in [0.2, 0.25) is 0 Å². The maximum absolute atomic E-state index is 11.5. The Bertz CT molecular complexity index is 564. The van der Waals surface area contributed by atoms with E-state index >= 15 is 0 Å². The van der Waals surface area contributed by atoms with Crippen molar-refractivity contribution >= 4 is 46.1 Å². The van der Waals surface area contributed by atoms with E-state index in [1.807, 2.05) is 12.1 Å². The monoisotopic (exact) mass is 293 g/mol. The molecule has 2 rings (SSSR count). The molecule has 0 unspecified atom stereocenters. The average molecular weight is 293 g/mol. The standard InChI is InChI=1S/C13H11NO3S2/c1-8(15)7-17-10-4-2-9(3-5-10)6-11-12(16)14-13(18)19-11/h2-6H,7H2,1H3,(H,14,16,18)/b11-6-. The molecule has 0 radical (unpaired) electrons. The smallest absolute Gasteiger partial charge is 0.263 e. The number of rotatable bonds is 4. The van der Waals surface area contributed by atoms with Gasteiger partial charge in [-0.05, 0) is 30.7 Å². The molecule has 1 aromatic carbocycles. The van der Waals surface area contributed by atoms with Gasteiger partial charge in [-0.2, -0.15) is 0 Å². The highest BCUT2D eigenvalue weighted by molar-refractivity contribution is 8.26. The molecule has 6 heteroatoms. The van der Waals surface area contributed by atoms with Gasteiger partial charge >= 0.3 is 0 Å². The molecule has 1 aliphatic heterocycles. The summed E-state index contributed by atoms with van der Waals surface area (Å²) in [6.07, 6.45) is 1.76. The SMILES string of the molecule is CC(=O)COc1ccc(/C=C2\SC(=S)NC2=O)cc1. The lowest BCUT2D eigenvalue weighted by atomic mass is 10.2. The molecular weight excluding hydrogens is 282 g/mol. The number of ketones is 1. The van der Waals surface area contributed by atoms with E-state index in [2.05, 4.69) is 5.32 Å². The van der Waals surface area contributed by atoms with Crippen molar-refractivity contribution in [3.63, 3.8) is 0 Å². The third-order valence-corrected chi connectivity index (χ3v) is 3.42. The van der Waals surface area contributed by atoms with Crippen molar-refractivity contribution in [2.45, 2.75) is 6.92 Å². The van der Waals surface area contributed by atoms with E-state index in [1.165, 1.54) is 18.7 Å². The largest absolute Gasteiger partial charge is 0.486 e. The van der Waals surface area contributed by atoms with Crippen molar-refractivity contribution in [3.05, 3.63) is 34.7 Å². The Morgan fingerprint density at radius 2 is 2.11 bits per heavy atom. The number of carbonyl (C=O) groups excluding carboxylic acids is 2. The molecule has 1 aromatic rings. The topological polar surface area (TPSA) is 55.4 Å². The Hall–Kier alpha value is -1.66. The summed E-state index contributed by atoms with van der Waals surface area (Å²) in [6.45, 7) is 1.53. The summed E-state index contributed by atoms with van der Waals surface area (Å²) in [4.78, 5) is 22.8. The number of nitrogens with one attached hydrogen (secondary N) is 1. The molecule has 1 aliphatic rings. The van der Waals surface area contributed by atoms with Crippen molar-refractivity contribution in [3.8, 4) is 5.75 Å². The number of thioether (sulfide) groups is 1. The fourth-order valence-electron chi connectivity index (χ4n) is 1.42. The Labute approximate surface area is 120 Å². The fourth-order valence-corrected chi connectivity index (χ4v) is 2.46. The van der Waals surface area contributed by atoms with Crippen LogP contribution in [-0.4, -0.2) is 22.6 Å². The summed E-state index contributed by atoms with van der Waals surface area (Å²) >= 11 is 6.15. The van der Waals surface area contributed by atoms with E-state index in [1.54, 1.807) is 18.2 Å². The quantitative estimate of drug-likeness (QED) is 0.681. The van der Waals surface area contributed by atoms with Gasteiger partial charge in [-0.3, -0.25) is 9.59 Å². The zero-order chi connectivity index (χ0) is 13.8.